The fraction of sp³-hybridized carbons (Fsp3) is 0.625. The second-order valence-corrected chi connectivity index (χ2v) is 2.87. The highest BCUT2D eigenvalue weighted by atomic mass is 16.4. The molecule has 74 valence electrons. The van der Waals surface area contributed by atoms with E-state index in [0.717, 1.165) is 0 Å². The molecule has 5 heteroatoms. The summed E-state index contributed by atoms with van der Waals surface area (Å²) >= 11 is 0. The van der Waals surface area contributed by atoms with E-state index in [2.05, 4.69) is 0 Å². The quantitative estimate of drug-likeness (QED) is 0.561. The largest absolute Gasteiger partial charge is 0.481 e. The summed E-state index contributed by atoms with van der Waals surface area (Å²) < 4.78 is 0. The second kappa shape index (κ2) is 5.42. The molecule has 0 saturated heterocycles. The van der Waals surface area contributed by atoms with Crippen LogP contribution in [0.3, 0.4) is 0 Å². The van der Waals surface area contributed by atoms with Gasteiger partial charge in [-0.2, -0.15) is 0 Å². The standard InChI is InChI=1S/C8H12O5/c1-5(9)2-6(10)3-7(11)4-8(12)13/h7,11H,2-4H2,1H3,(H,12,13). The molecule has 13 heavy (non-hydrogen) atoms. The zero-order valence-corrected chi connectivity index (χ0v) is 7.32. The molecule has 0 aliphatic heterocycles. The smallest absolute Gasteiger partial charge is 0.305 e. The number of Topliss-reactive ketones (excluding diaryl/α,β-unsaturated/α-hetero) is 2. The maximum absolute atomic E-state index is 10.9. The summed E-state index contributed by atoms with van der Waals surface area (Å²) in [5, 5.41) is 17.2. The van der Waals surface area contributed by atoms with E-state index in [0.29, 0.717) is 0 Å². The molecule has 0 aromatic rings. The molecule has 2 N–H and O–H groups in total. The van der Waals surface area contributed by atoms with Gasteiger partial charge in [0.1, 0.15) is 11.6 Å². The summed E-state index contributed by atoms with van der Waals surface area (Å²) in [7, 11) is 0. The predicted octanol–water partition coefficient (Wildman–Crippen LogP) is -0.240. The lowest BCUT2D eigenvalue weighted by Crippen LogP contribution is -2.18. The zero-order valence-electron chi connectivity index (χ0n) is 7.32. The molecule has 0 amide bonds. The number of carboxylic acids is 1. The van der Waals surface area contributed by atoms with Crippen LogP contribution in [0.4, 0.5) is 0 Å². The van der Waals surface area contributed by atoms with Crippen molar-refractivity contribution < 1.29 is 24.6 Å². The Morgan fingerprint density at radius 2 is 1.77 bits per heavy atom. The lowest BCUT2D eigenvalue weighted by Gasteiger charge is -2.04. The van der Waals surface area contributed by atoms with E-state index in [9.17, 15) is 14.4 Å². The summed E-state index contributed by atoms with van der Waals surface area (Å²) in [4.78, 5) is 31.4. The van der Waals surface area contributed by atoms with Gasteiger partial charge in [-0.15, -0.1) is 0 Å². The van der Waals surface area contributed by atoms with Crippen molar-refractivity contribution in [3.05, 3.63) is 0 Å². The fourth-order valence-corrected chi connectivity index (χ4v) is 0.886. The Hall–Kier alpha value is -1.23. The van der Waals surface area contributed by atoms with Crippen molar-refractivity contribution in [3.8, 4) is 0 Å². The monoisotopic (exact) mass is 188 g/mol. The molecular formula is C8H12O5. The number of rotatable bonds is 6. The Kier molecular flexibility index (Phi) is 4.91. The summed E-state index contributed by atoms with van der Waals surface area (Å²) in [5.74, 6) is -1.88. The minimum atomic E-state index is -1.19. The normalized spacial score (nSPS) is 12.2. The number of aliphatic hydroxyl groups is 1. The third-order valence-electron chi connectivity index (χ3n) is 1.32. The van der Waals surface area contributed by atoms with Crippen LogP contribution in [0.25, 0.3) is 0 Å². The van der Waals surface area contributed by atoms with Gasteiger partial charge >= 0.3 is 5.97 Å². The SMILES string of the molecule is CC(=O)CC(=O)CC(O)CC(=O)O. The molecule has 1 atom stereocenters. The van der Waals surface area contributed by atoms with Crippen molar-refractivity contribution in [1.82, 2.24) is 0 Å². The topological polar surface area (TPSA) is 91.7 Å². The number of carbonyl (C=O) groups excluding carboxylic acids is 2. The van der Waals surface area contributed by atoms with E-state index in [-0.39, 0.29) is 18.6 Å². The molecule has 0 spiro atoms. The van der Waals surface area contributed by atoms with Crippen LogP contribution in [-0.2, 0) is 14.4 Å². The summed E-state index contributed by atoms with van der Waals surface area (Å²) in [5.41, 5.74) is 0. The average molecular weight is 188 g/mol. The minimum Gasteiger partial charge on any atom is -0.481 e. The Bertz CT molecular complexity index is 221. The van der Waals surface area contributed by atoms with Gasteiger partial charge in [-0.1, -0.05) is 0 Å². The van der Waals surface area contributed by atoms with E-state index in [1.54, 1.807) is 0 Å². The number of carboxylic acid groups (broad SMARTS) is 1. The van der Waals surface area contributed by atoms with Crippen LogP contribution in [0, 0.1) is 0 Å². The highest BCUT2D eigenvalue weighted by molar-refractivity contribution is 5.98. The van der Waals surface area contributed by atoms with Gasteiger partial charge in [0.15, 0.2) is 0 Å². The van der Waals surface area contributed by atoms with Crippen LogP contribution in [-0.4, -0.2) is 33.9 Å². The van der Waals surface area contributed by atoms with Crippen LogP contribution in [0.5, 0.6) is 0 Å². The van der Waals surface area contributed by atoms with E-state index >= 15 is 0 Å². The first-order chi connectivity index (χ1) is 5.91. The lowest BCUT2D eigenvalue weighted by atomic mass is 10.1. The highest BCUT2D eigenvalue weighted by Crippen LogP contribution is 2.01. The van der Waals surface area contributed by atoms with Gasteiger partial charge in [0.2, 0.25) is 0 Å². The van der Waals surface area contributed by atoms with Crippen molar-refractivity contribution in [2.45, 2.75) is 32.3 Å². The first kappa shape index (κ1) is 11.8. The third-order valence-corrected chi connectivity index (χ3v) is 1.32. The molecule has 0 radical (unpaired) electrons. The van der Waals surface area contributed by atoms with Crippen molar-refractivity contribution in [3.63, 3.8) is 0 Å². The molecule has 1 unspecified atom stereocenters. The van der Waals surface area contributed by atoms with E-state index in [4.69, 9.17) is 10.2 Å². The molecule has 0 aromatic carbocycles. The van der Waals surface area contributed by atoms with Crippen LogP contribution in [0.15, 0.2) is 0 Å². The number of ketones is 2. The van der Waals surface area contributed by atoms with Crippen LogP contribution >= 0.6 is 0 Å². The van der Waals surface area contributed by atoms with Crippen molar-refractivity contribution in [2.75, 3.05) is 0 Å². The van der Waals surface area contributed by atoms with Crippen molar-refractivity contribution in [2.24, 2.45) is 0 Å². The van der Waals surface area contributed by atoms with Gasteiger partial charge in [-0.05, 0) is 6.92 Å². The van der Waals surface area contributed by atoms with Crippen LogP contribution in [0.1, 0.15) is 26.2 Å². The third kappa shape index (κ3) is 7.14. The van der Waals surface area contributed by atoms with Crippen LogP contribution < -0.4 is 0 Å². The van der Waals surface area contributed by atoms with Crippen molar-refractivity contribution in [1.29, 1.82) is 0 Å². The zero-order chi connectivity index (χ0) is 10.4. The minimum absolute atomic E-state index is 0.239. The molecule has 0 saturated carbocycles. The highest BCUT2D eigenvalue weighted by Gasteiger charge is 2.15. The number of aliphatic carboxylic acids is 1. The molecule has 0 aliphatic carbocycles. The number of aliphatic hydroxyl groups excluding tert-OH is 1. The first-order valence-electron chi connectivity index (χ1n) is 3.82. The lowest BCUT2D eigenvalue weighted by molar-refractivity contribution is -0.139. The first-order valence-corrected chi connectivity index (χ1v) is 3.82. The molecule has 0 aliphatic rings. The Balaban J connectivity index is 3.78. The molecule has 0 bridgehead atoms. The van der Waals surface area contributed by atoms with Gasteiger partial charge in [0, 0.05) is 6.42 Å². The average Bonchev–Trinajstić information content (AvgIpc) is 1.80. The predicted molar refractivity (Wildman–Crippen MR) is 43.2 cm³/mol. The van der Waals surface area contributed by atoms with Gasteiger partial charge in [0.25, 0.3) is 0 Å². The Morgan fingerprint density at radius 1 is 1.23 bits per heavy atom. The van der Waals surface area contributed by atoms with Gasteiger partial charge < -0.3 is 10.2 Å². The van der Waals surface area contributed by atoms with Crippen LogP contribution in [0.2, 0.25) is 0 Å². The summed E-state index contributed by atoms with van der Waals surface area (Å²) in [6.45, 7) is 1.27. The van der Waals surface area contributed by atoms with E-state index < -0.39 is 24.3 Å². The molecule has 0 aromatic heterocycles. The molecular weight excluding hydrogens is 176 g/mol. The van der Waals surface area contributed by atoms with Gasteiger partial charge in [-0.25, -0.2) is 0 Å². The maximum atomic E-state index is 10.9. The van der Waals surface area contributed by atoms with Crippen molar-refractivity contribution >= 4 is 17.5 Å². The molecule has 0 heterocycles. The maximum Gasteiger partial charge on any atom is 0.305 e. The van der Waals surface area contributed by atoms with Gasteiger partial charge in [0.05, 0.1) is 18.9 Å². The van der Waals surface area contributed by atoms with E-state index in [1.165, 1.54) is 6.92 Å². The molecule has 5 nitrogen and oxygen atoms in total. The summed E-state index contributed by atoms with van der Waals surface area (Å²) in [6.07, 6.45) is -2.17. The number of hydrogen-bond donors (Lipinski definition) is 2. The number of carbonyl (C=O) groups is 3. The Labute approximate surface area is 75.4 Å². The number of hydrogen-bond acceptors (Lipinski definition) is 4. The second-order valence-electron chi connectivity index (χ2n) is 2.87. The van der Waals surface area contributed by atoms with E-state index in [1.807, 2.05) is 0 Å². The van der Waals surface area contributed by atoms with Gasteiger partial charge in [-0.3, -0.25) is 14.4 Å². The fourth-order valence-electron chi connectivity index (χ4n) is 0.886. The molecule has 0 fully saturated rings. The molecule has 0 rings (SSSR count). The summed E-state index contributed by atoms with van der Waals surface area (Å²) in [6, 6.07) is 0. The Morgan fingerprint density at radius 3 is 2.15 bits per heavy atom.